The van der Waals surface area contributed by atoms with Crippen molar-refractivity contribution in [1.29, 1.82) is 0 Å². The van der Waals surface area contributed by atoms with E-state index >= 15 is 0 Å². The van der Waals surface area contributed by atoms with Crippen LogP contribution in [0, 0.1) is 0 Å². The third-order valence-corrected chi connectivity index (χ3v) is 5.74. The number of ether oxygens (including phenoxy) is 4. The van der Waals surface area contributed by atoms with Crippen LogP contribution in [0.25, 0.3) is 0 Å². The molecule has 162 valence electrons. The number of esters is 1. The van der Waals surface area contributed by atoms with Crippen molar-refractivity contribution in [3.8, 4) is 11.5 Å². The van der Waals surface area contributed by atoms with E-state index in [1.165, 1.54) is 18.2 Å². The summed E-state index contributed by atoms with van der Waals surface area (Å²) in [5.74, 6) is 1.37. The zero-order chi connectivity index (χ0) is 21.7. The molecule has 30 heavy (non-hydrogen) atoms. The topological polar surface area (TPSA) is 80.0 Å². The predicted octanol–water partition coefficient (Wildman–Crippen LogP) is 3.36. The molecule has 0 radical (unpaired) electrons. The van der Waals surface area contributed by atoms with Crippen LogP contribution in [0.5, 0.6) is 11.5 Å². The molecule has 0 aliphatic heterocycles. The first kappa shape index (κ1) is 22.1. The second kappa shape index (κ2) is 9.96. The number of methoxy groups -OCH3 is 3. The Balaban J connectivity index is 1.98. The van der Waals surface area contributed by atoms with Gasteiger partial charge >= 0.3 is 5.97 Å². The normalized spacial score (nSPS) is 16.1. The van der Waals surface area contributed by atoms with Crippen LogP contribution in [0.3, 0.4) is 0 Å². The van der Waals surface area contributed by atoms with Crippen molar-refractivity contribution in [2.75, 3.05) is 27.9 Å². The number of benzene rings is 2. The number of nitrogens with two attached hydrogens (primary N) is 1. The minimum absolute atomic E-state index is 0.153. The monoisotopic (exact) mass is 413 g/mol. The number of carbonyl (C=O) groups is 1. The first-order valence-electron chi connectivity index (χ1n) is 10.3. The first-order chi connectivity index (χ1) is 14.5. The van der Waals surface area contributed by atoms with Crippen LogP contribution < -0.4 is 15.2 Å². The highest BCUT2D eigenvalue weighted by Gasteiger charge is 2.31. The van der Waals surface area contributed by atoms with Crippen LogP contribution in [0.1, 0.15) is 47.1 Å². The fraction of sp³-hybridized carbons (Fsp3) is 0.458. The molecular weight excluding hydrogens is 382 g/mol. The van der Waals surface area contributed by atoms with Gasteiger partial charge in [0.2, 0.25) is 0 Å². The van der Waals surface area contributed by atoms with Crippen molar-refractivity contribution in [1.82, 2.24) is 0 Å². The fourth-order valence-electron chi connectivity index (χ4n) is 4.33. The van der Waals surface area contributed by atoms with Gasteiger partial charge in [-0.3, -0.25) is 4.79 Å². The molecular formula is C24H31NO5. The summed E-state index contributed by atoms with van der Waals surface area (Å²) in [5.41, 5.74) is 11.7. The molecule has 0 spiro atoms. The van der Waals surface area contributed by atoms with Crippen LogP contribution in [-0.4, -0.2) is 39.9 Å². The van der Waals surface area contributed by atoms with Crippen molar-refractivity contribution in [2.24, 2.45) is 5.73 Å². The summed E-state index contributed by atoms with van der Waals surface area (Å²) in [4.78, 5) is 11.8. The van der Waals surface area contributed by atoms with Crippen LogP contribution in [-0.2, 0) is 33.7 Å². The number of carbonyl (C=O) groups excluding carboxylic acids is 1. The zero-order valence-corrected chi connectivity index (χ0v) is 18.2. The lowest BCUT2D eigenvalue weighted by molar-refractivity contribution is -0.142. The van der Waals surface area contributed by atoms with Gasteiger partial charge in [-0.2, -0.15) is 0 Å². The Morgan fingerprint density at radius 1 is 1.17 bits per heavy atom. The van der Waals surface area contributed by atoms with Gasteiger partial charge in [0.15, 0.2) is 0 Å². The average molecular weight is 414 g/mol. The van der Waals surface area contributed by atoms with E-state index in [2.05, 4.69) is 6.07 Å². The zero-order valence-electron chi connectivity index (χ0n) is 18.2. The summed E-state index contributed by atoms with van der Waals surface area (Å²) in [6.07, 6.45) is 2.32. The maximum absolute atomic E-state index is 11.8. The summed E-state index contributed by atoms with van der Waals surface area (Å²) in [6.45, 7) is 3.14. The maximum atomic E-state index is 11.8. The third kappa shape index (κ3) is 4.45. The van der Waals surface area contributed by atoms with Crippen molar-refractivity contribution in [3.05, 3.63) is 58.1 Å². The lowest BCUT2D eigenvalue weighted by atomic mass is 9.89. The molecule has 0 saturated heterocycles. The molecule has 3 rings (SSSR count). The molecule has 1 aliphatic rings. The molecule has 0 aromatic heterocycles. The second-order valence-electron chi connectivity index (χ2n) is 7.46. The quantitative estimate of drug-likeness (QED) is 0.635. The fourth-order valence-corrected chi connectivity index (χ4v) is 4.33. The summed E-state index contributed by atoms with van der Waals surface area (Å²) >= 11 is 0. The first-order valence-corrected chi connectivity index (χ1v) is 10.3. The van der Waals surface area contributed by atoms with Crippen LogP contribution in [0.2, 0.25) is 0 Å². The van der Waals surface area contributed by atoms with E-state index in [9.17, 15) is 4.79 Å². The molecule has 6 nitrogen and oxygen atoms in total. The van der Waals surface area contributed by atoms with E-state index in [0.29, 0.717) is 19.6 Å². The standard InChI is InChI=1S/C24H31NO5/c1-5-30-14-15-11-21(27-2)23(22(12-15)28-3)19-10-9-17-16(7-6-8-18(17)19)13-20(25)24(26)29-4/h6-8,11-12,19-20H,5,9-10,13-14,25H2,1-4H3/t19-,20+/m1/s1. The highest BCUT2D eigenvalue weighted by molar-refractivity contribution is 5.75. The highest BCUT2D eigenvalue weighted by atomic mass is 16.5. The molecule has 2 atom stereocenters. The highest BCUT2D eigenvalue weighted by Crippen LogP contribution is 2.47. The molecule has 0 bridgehead atoms. The second-order valence-corrected chi connectivity index (χ2v) is 7.46. The van der Waals surface area contributed by atoms with Gasteiger partial charge in [-0.05, 0) is 60.6 Å². The average Bonchev–Trinajstić information content (AvgIpc) is 3.20. The summed E-state index contributed by atoms with van der Waals surface area (Å²) in [7, 11) is 4.73. The molecule has 0 saturated carbocycles. The van der Waals surface area contributed by atoms with Gasteiger partial charge in [-0.1, -0.05) is 18.2 Å². The molecule has 2 aromatic rings. The van der Waals surface area contributed by atoms with E-state index in [0.717, 1.165) is 41.0 Å². The number of fused-ring (bicyclic) bond motifs is 1. The van der Waals surface area contributed by atoms with Crippen molar-refractivity contribution in [3.63, 3.8) is 0 Å². The lowest BCUT2D eigenvalue weighted by Gasteiger charge is -2.21. The van der Waals surface area contributed by atoms with Crippen LogP contribution >= 0.6 is 0 Å². The Kier molecular flexibility index (Phi) is 7.34. The Hall–Kier alpha value is -2.57. The molecule has 0 amide bonds. The van der Waals surface area contributed by atoms with Crippen LogP contribution in [0.4, 0.5) is 0 Å². The number of hydrogen-bond donors (Lipinski definition) is 1. The molecule has 0 fully saturated rings. The molecule has 0 heterocycles. The molecule has 0 unspecified atom stereocenters. The molecule has 1 aliphatic carbocycles. The van der Waals surface area contributed by atoms with Gasteiger partial charge in [-0.25, -0.2) is 0 Å². The predicted molar refractivity (Wildman–Crippen MR) is 115 cm³/mol. The van der Waals surface area contributed by atoms with Crippen molar-refractivity contribution in [2.45, 2.75) is 44.8 Å². The molecule has 2 N–H and O–H groups in total. The van der Waals surface area contributed by atoms with Gasteiger partial charge < -0.3 is 24.7 Å². The Labute approximate surface area is 178 Å². The Bertz CT molecular complexity index is 870. The molecule has 2 aromatic carbocycles. The molecule has 6 heteroatoms. The number of hydrogen-bond acceptors (Lipinski definition) is 6. The largest absolute Gasteiger partial charge is 0.496 e. The summed E-state index contributed by atoms with van der Waals surface area (Å²) < 4.78 is 21.9. The van der Waals surface area contributed by atoms with Gasteiger partial charge in [0.05, 0.1) is 27.9 Å². The number of rotatable bonds is 9. The van der Waals surface area contributed by atoms with E-state index in [1.54, 1.807) is 14.2 Å². The lowest BCUT2D eigenvalue weighted by Crippen LogP contribution is -2.33. The van der Waals surface area contributed by atoms with Gasteiger partial charge in [-0.15, -0.1) is 0 Å². The van der Waals surface area contributed by atoms with E-state index in [4.69, 9.17) is 24.7 Å². The van der Waals surface area contributed by atoms with E-state index < -0.39 is 12.0 Å². The summed E-state index contributed by atoms with van der Waals surface area (Å²) in [5, 5.41) is 0. The van der Waals surface area contributed by atoms with Crippen molar-refractivity contribution >= 4 is 5.97 Å². The smallest absolute Gasteiger partial charge is 0.322 e. The van der Waals surface area contributed by atoms with E-state index in [1.807, 2.05) is 31.2 Å². The van der Waals surface area contributed by atoms with Crippen LogP contribution in [0.15, 0.2) is 30.3 Å². The van der Waals surface area contributed by atoms with Crippen molar-refractivity contribution < 1.29 is 23.7 Å². The minimum Gasteiger partial charge on any atom is -0.496 e. The van der Waals surface area contributed by atoms with Gasteiger partial charge in [0, 0.05) is 18.1 Å². The van der Waals surface area contributed by atoms with Gasteiger partial charge in [0.25, 0.3) is 0 Å². The van der Waals surface area contributed by atoms with Gasteiger partial charge in [0.1, 0.15) is 17.5 Å². The maximum Gasteiger partial charge on any atom is 0.322 e. The third-order valence-electron chi connectivity index (χ3n) is 5.74. The SMILES string of the molecule is CCOCc1cc(OC)c([C@@H]2CCc3c(C[C@H](N)C(=O)OC)cccc32)c(OC)c1. The minimum atomic E-state index is -0.664. The Morgan fingerprint density at radius 2 is 1.87 bits per heavy atom. The Morgan fingerprint density at radius 3 is 2.47 bits per heavy atom. The van der Waals surface area contributed by atoms with E-state index in [-0.39, 0.29) is 5.92 Å². The summed E-state index contributed by atoms with van der Waals surface area (Å²) in [6, 6.07) is 9.61.